The van der Waals surface area contributed by atoms with Gasteiger partial charge >= 0.3 is 0 Å². The molecular weight excluding hydrogens is 238 g/mol. The SMILES string of the molecule is COCC(=O)CCc1cc(OC)cc([N+](=O)[O-])c1. The topological polar surface area (TPSA) is 78.7 Å². The van der Waals surface area contributed by atoms with E-state index in [1.807, 2.05) is 0 Å². The average Bonchev–Trinajstić information content (AvgIpc) is 2.36. The van der Waals surface area contributed by atoms with E-state index in [1.165, 1.54) is 26.4 Å². The highest BCUT2D eigenvalue weighted by atomic mass is 16.6. The molecule has 0 saturated carbocycles. The number of rotatable bonds is 7. The number of Topliss-reactive ketones (excluding diaryl/α,β-unsaturated/α-hetero) is 1. The van der Waals surface area contributed by atoms with Crippen LogP contribution in [0.2, 0.25) is 0 Å². The van der Waals surface area contributed by atoms with Crippen molar-refractivity contribution in [2.45, 2.75) is 12.8 Å². The number of methoxy groups -OCH3 is 2. The number of nitro benzene ring substituents is 1. The first-order chi connectivity index (χ1) is 8.56. The molecule has 0 fully saturated rings. The summed E-state index contributed by atoms with van der Waals surface area (Å²) in [6, 6.07) is 4.48. The minimum atomic E-state index is -0.483. The number of benzene rings is 1. The van der Waals surface area contributed by atoms with Crippen molar-refractivity contribution < 1.29 is 19.2 Å². The average molecular weight is 253 g/mol. The molecule has 0 aliphatic carbocycles. The van der Waals surface area contributed by atoms with Gasteiger partial charge in [-0.25, -0.2) is 0 Å². The molecule has 1 rings (SSSR count). The fraction of sp³-hybridized carbons (Fsp3) is 0.417. The summed E-state index contributed by atoms with van der Waals surface area (Å²) in [4.78, 5) is 21.5. The van der Waals surface area contributed by atoms with Crippen molar-refractivity contribution in [3.05, 3.63) is 33.9 Å². The number of ether oxygens (including phenoxy) is 2. The number of non-ortho nitro benzene ring substituents is 1. The third-order valence-electron chi connectivity index (χ3n) is 2.40. The number of nitro groups is 1. The van der Waals surface area contributed by atoms with E-state index in [2.05, 4.69) is 0 Å². The maximum absolute atomic E-state index is 11.3. The molecule has 0 amide bonds. The van der Waals surface area contributed by atoms with Crippen molar-refractivity contribution in [1.82, 2.24) is 0 Å². The van der Waals surface area contributed by atoms with Crippen LogP contribution in [0.15, 0.2) is 18.2 Å². The van der Waals surface area contributed by atoms with Crippen molar-refractivity contribution in [2.75, 3.05) is 20.8 Å². The van der Waals surface area contributed by atoms with Gasteiger partial charge in [0.2, 0.25) is 0 Å². The zero-order valence-electron chi connectivity index (χ0n) is 10.3. The van der Waals surface area contributed by atoms with Gasteiger partial charge in [-0.2, -0.15) is 0 Å². The molecule has 0 bridgehead atoms. The van der Waals surface area contributed by atoms with Gasteiger partial charge in [0.1, 0.15) is 12.4 Å². The Morgan fingerprint density at radius 3 is 2.61 bits per heavy atom. The molecule has 0 saturated heterocycles. The van der Waals surface area contributed by atoms with Crippen molar-refractivity contribution in [3.63, 3.8) is 0 Å². The van der Waals surface area contributed by atoms with Gasteiger partial charge < -0.3 is 9.47 Å². The Kier molecular flexibility index (Phi) is 5.26. The Hall–Kier alpha value is -1.95. The number of nitrogens with zero attached hydrogens (tertiary/aromatic N) is 1. The van der Waals surface area contributed by atoms with Crippen LogP contribution in [0.1, 0.15) is 12.0 Å². The molecule has 0 N–H and O–H groups in total. The second-order valence-corrected chi connectivity index (χ2v) is 3.77. The molecule has 1 aromatic rings. The first-order valence-electron chi connectivity index (χ1n) is 5.39. The van der Waals surface area contributed by atoms with Crippen LogP contribution in [0.4, 0.5) is 5.69 Å². The molecule has 6 heteroatoms. The van der Waals surface area contributed by atoms with Gasteiger partial charge in [0.05, 0.1) is 18.1 Å². The number of aryl methyl sites for hydroxylation is 1. The lowest BCUT2D eigenvalue weighted by Crippen LogP contribution is -2.07. The second kappa shape index (κ2) is 6.70. The number of hydrogen-bond donors (Lipinski definition) is 0. The quantitative estimate of drug-likeness (QED) is 0.546. The highest BCUT2D eigenvalue weighted by molar-refractivity contribution is 5.79. The van der Waals surface area contributed by atoms with Crippen molar-refractivity contribution in [3.8, 4) is 5.75 Å². The maximum Gasteiger partial charge on any atom is 0.273 e. The fourth-order valence-electron chi connectivity index (χ4n) is 1.53. The molecule has 0 atom stereocenters. The van der Waals surface area contributed by atoms with Gasteiger partial charge in [-0.3, -0.25) is 14.9 Å². The summed E-state index contributed by atoms with van der Waals surface area (Å²) in [5, 5.41) is 10.7. The van der Waals surface area contributed by atoms with E-state index in [0.717, 1.165) is 0 Å². The van der Waals surface area contributed by atoms with Crippen molar-refractivity contribution in [2.24, 2.45) is 0 Å². The monoisotopic (exact) mass is 253 g/mol. The highest BCUT2D eigenvalue weighted by Crippen LogP contribution is 2.23. The molecule has 0 aliphatic rings. The van der Waals surface area contributed by atoms with Gasteiger partial charge in [0, 0.05) is 19.6 Å². The highest BCUT2D eigenvalue weighted by Gasteiger charge is 2.11. The van der Waals surface area contributed by atoms with Gasteiger partial charge in [0.15, 0.2) is 5.78 Å². The summed E-state index contributed by atoms with van der Waals surface area (Å²) in [6.45, 7) is 0.0616. The van der Waals surface area contributed by atoms with Crippen LogP contribution in [-0.4, -0.2) is 31.5 Å². The van der Waals surface area contributed by atoms with Crippen LogP contribution in [0.5, 0.6) is 5.75 Å². The molecule has 0 aliphatic heterocycles. The lowest BCUT2D eigenvalue weighted by Gasteiger charge is -2.05. The first kappa shape index (κ1) is 14.1. The van der Waals surface area contributed by atoms with E-state index in [0.29, 0.717) is 17.7 Å². The number of carbonyl (C=O) groups is 1. The molecule has 18 heavy (non-hydrogen) atoms. The zero-order chi connectivity index (χ0) is 13.5. The summed E-state index contributed by atoms with van der Waals surface area (Å²) in [7, 11) is 2.90. The maximum atomic E-state index is 11.3. The van der Waals surface area contributed by atoms with Crippen molar-refractivity contribution in [1.29, 1.82) is 0 Å². The third-order valence-corrected chi connectivity index (χ3v) is 2.40. The number of hydrogen-bond acceptors (Lipinski definition) is 5. The molecule has 6 nitrogen and oxygen atoms in total. The molecule has 1 aromatic carbocycles. The van der Waals surface area contributed by atoms with E-state index >= 15 is 0 Å². The Labute approximate surface area is 105 Å². The third kappa shape index (κ3) is 4.14. The van der Waals surface area contributed by atoms with Crippen LogP contribution in [0, 0.1) is 10.1 Å². The summed E-state index contributed by atoms with van der Waals surface area (Å²) >= 11 is 0. The molecule has 0 spiro atoms. The molecule has 98 valence electrons. The van der Waals surface area contributed by atoms with Gasteiger partial charge in [-0.15, -0.1) is 0 Å². The smallest absolute Gasteiger partial charge is 0.273 e. The Bertz CT molecular complexity index is 444. The first-order valence-corrected chi connectivity index (χ1v) is 5.39. The summed E-state index contributed by atoms with van der Waals surface area (Å²) in [6.07, 6.45) is 0.721. The normalized spacial score (nSPS) is 10.1. The largest absolute Gasteiger partial charge is 0.496 e. The fourth-order valence-corrected chi connectivity index (χ4v) is 1.53. The predicted molar refractivity (Wildman–Crippen MR) is 64.9 cm³/mol. The van der Waals surface area contributed by atoms with E-state index < -0.39 is 4.92 Å². The van der Waals surface area contributed by atoms with Crippen LogP contribution < -0.4 is 4.74 Å². The molecule has 0 radical (unpaired) electrons. The number of ketones is 1. The minimum absolute atomic E-state index is 0.0384. The Balaban J connectivity index is 2.78. The standard InChI is InChI=1S/C12H15NO5/c1-17-8-11(14)4-3-9-5-10(13(15)16)7-12(6-9)18-2/h5-7H,3-4,8H2,1-2H3. The van der Waals surface area contributed by atoms with E-state index in [4.69, 9.17) is 9.47 Å². The van der Waals surface area contributed by atoms with Crippen LogP contribution in [0.25, 0.3) is 0 Å². The number of carbonyl (C=O) groups excluding carboxylic acids is 1. The van der Waals surface area contributed by atoms with Crippen LogP contribution >= 0.6 is 0 Å². The van der Waals surface area contributed by atoms with Gasteiger partial charge in [-0.1, -0.05) is 0 Å². The van der Waals surface area contributed by atoms with Crippen molar-refractivity contribution >= 4 is 11.5 Å². The van der Waals surface area contributed by atoms with Crippen LogP contribution in [-0.2, 0) is 16.0 Å². The predicted octanol–water partition coefficient (Wildman–Crippen LogP) is 1.75. The molecule has 0 aromatic heterocycles. The summed E-state index contributed by atoms with van der Waals surface area (Å²) < 4.78 is 9.70. The summed E-state index contributed by atoms with van der Waals surface area (Å²) in [5.74, 6) is 0.376. The van der Waals surface area contributed by atoms with E-state index in [-0.39, 0.29) is 24.5 Å². The molecule has 0 heterocycles. The summed E-state index contributed by atoms with van der Waals surface area (Å²) in [5.41, 5.74) is 0.661. The van der Waals surface area contributed by atoms with Gasteiger partial charge in [-0.05, 0) is 18.1 Å². The second-order valence-electron chi connectivity index (χ2n) is 3.77. The lowest BCUT2D eigenvalue weighted by molar-refractivity contribution is -0.385. The minimum Gasteiger partial charge on any atom is -0.496 e. The molecule has 0 unspecified atom stereocenters. The van der Waals surface area contributed by atoms with E-state index in [1.54, 1.807) is 6.07 Å². The molecular formula is C12H15NO5. The zero-order valence-corrected chi connectivity index (χ0v) is 10.3. The van der Waals surface area contributed by atoms with E-state index in [9.17, 15) is 14.9 Å². The van der Waals surface area contributed by atoms with Gasteiger partial charge in [0.25, 0.3) is 5.69 Å². The van der Waals surface area contributed by atoms with Crippen LogP contribution in [0.3, 0.4) is 0 Å². The Morgan fingerprint density at radius 1 is 1.33 bits per heavy atom. The lowest BCUT2D eigenvalue weighted by atomic mass is 10.1. The Morgan fingerprint density at radius 2 is 2.06 bits per heavy atom.